The molecule has 1 aliphatic carbocycles. The van der Waals surface area contributed by atoms with Crippen LogP contribution in [0.5, 0.6) is 5.75 Å². The number of phenolic OH excluding ortho intramolecular Hbond substituents is 1. The molecule has 0 unspecified atom stereocenters. The third kappa shape index (κ3) is 5.05. The van der Waals surface area contributed by atoms with Crippen LogP contribution in [0.3, 0.4) is 0 Å². The lowest BCUT2D eigenvalue weighted by Gasteiger charge is -2.38. The van der Waals surface area contributed by atoms with Crippen LogP contribution >= 0.6 is 11.6 Å². The summed E-state index contributed by atoms with van der Waals surface area (Å²) in [7, 11) is 0. The van der Waals surface area contributed by atoms with Gasteiger partial charge in [-0.2, -0.15) is 0 Å². The molecule has 0 amide bonds. The number of hydrogen-bond acceptors (Lipinski definition) is 6. The molecular formula is C29H32ClFN4O2. The molecule has 1 aromatic heterocycles. The average molecular weight is 523 g/mol. The number of Topliss-reactive ketones (excluding diaryl/α,β-unsaturated/α-hetero) is 1. The minimum Gasteiger partial charge on any atom is -0.504 e. The second kappa shape index (κ2) is 10.2. The Morgan fingerprint density at radius 2 is 1.68 bits per heavy atom. The van der Waals surface area contributed by atoms with E-state index in [2.05, 4.69) is 19.7 Å². The first kappa shape index (κ1) is 24.6. The van der Waals surface area contributed by atoms with E-state index in [1.807, 2.05) is 18.2 Å². The molecule has 37 heavy (non-hydrogen) atoms. The average Bonchev–Trinajstić information content (AvgIpc) is 3.64. The van der Waals surface area contributed by atoms with Crippen molar-refractivity contribution in [2.24, 2.45) is 5.92 Å². The van der Waals surface area contributed by atoms with E-state index < -0.39 is 11.6 Å². The number of aromatic hydroxyl groups is 1. The number of carbonyl (C=O) groups excluding carboxylic acids is 1. The summed E-state index contributed by atoms with van der Waals surface area (Å²) in [6.07, 6.45) is 6.24. The lowest BCUT2D eigenvalue weighted by molar-refractivity contribution is 0.0967. The fraction of sp³-hybridized carbons (Fsp3) is 0.448. The fourth-order valence-corrected chi connectivity index (χ4v) is 5.87. The van der Waals surface area contributed by atoms with E-state index in [1.54, 1.807) is 12.3 Å². The van der Waals surface area contributed by atoms with Crippen molar-refractivity contribution < 1.29 is 14.3 Å². The van der Waals surface area contributed by atoms with Crippen molar-refractivity contribution >= 4 is 34.0 Å². The van der Waals surface area contributed by atoms with Gasteiger partial charge in [-0.3, -0.25) is 14.7 Å². The van der Waals surface area contributed by atoms with Gasteiger partial charge >= 0.3 is 0 Å². The zero-order valence-corrected chi connectivity index (χ0v) is 21.7. The number of pyridine rings is 1. The van der Waals surface area contributed by atoms with E-state index in [0.717, 1.165) is 74.3 Å². The van der Waals surface area contributed by atoms with Crippen LogP contribution < -0.4 is 4.90 Å². The molecule has 3 aromatic rings. The number of aromatic nitrogens is 1. The van der Waals surface area contributed by atoms with E-state index in [-0.39, 0.29) is 16.7 Å². The van der Waals surface area contributed by atoms with Gasteiger partial charge in [0.1, 0.15) is 0 Å². The van der Waals surface area contributed by atoms with Crippen LogP contribution in [0.25, 0.3) is 22.0 Å². The molecule has 3 fully saturated rings. The van der Waals surface area contributed by atoms with Gasteiger partial charge in [-0.05, 0) is 74.2 Å². The molecule has 1 saturated carbocycles. The number of benzene rings is 2. The molecule has 0 atom stereocenters. The van der Waals surface area contributed by atoms with Crippen molar-refractivity contribution in [3.8, 4) is 16.9 Å². The zero-order chi connectivity index (χ0) is 25.5. The van der Waals surface area contributed by atoms with Gasteiger partial charge in [0, 0.05) is 56.8 Å². The minimum absolute atomic E-state index is 0.0313. The number of likely N-dealkylation sites (tertiary alicyclic amines) is 1. The first-order valence-electron chi connectivity index (χ1n) is 13.3. The van der Waals surface area contributed by atoms with Gasteiger partial charge in [0.25, 0.3) is 0 Å². The van der Waals surface area contributed by atoms with Gasteiger partial charge < -0.3 is 14.9 Å². The number of phenols is 1. The van der Waals surface area contributed by atoms with Crippen molar-refractivity contribution in [2.45, 2.75) is 25.7 Å². The Hall–Kier alpha value is -2.74. The lowest BCUT2D eigenvalue weighted by atomic mass is 9.98. The van der Waals surface area contributed by atoms with Crippen LogP contribution in [0, 0.1) is 11.7 Å². The number of ketones is 1. The molecule has 3 heterocycles. The fourth-order valence-electron chi connectivity index (χ4n) is 5.66. The Kier molecular flexibility index (Phi) is 6.78. The number of halogens is 2. The Morgan fingerprint density at radius 1 is 0.973 bits per heavy atom. The molecule has 8 heteroatoms. The molecule has 0 spiro atoms. The summed E-state index contributed by atoms with van der Waals surface area (Å²) in [4.78, 5) is 25.4. The van der Waals surface area contributed by atoms with E-state index in [4.69, 9.17) is 11.6 Å². The first-order chi connectivity index (χ1) is 18.0. The number of rotatable bonds is 7. The highest BCUT2D eigenvalue weighted by molar-refractivity contribution is 6.32. The van der Waals surface area contributed by atoms with Crippen LogP contribution in [0.15, 0.2) is 36.5 Å². The topological polar surface area (TPSA) is 59.9 Å². The third-order valence-electron chi connectivity index (χ3n) is 8.02. The molecule has 2 aromatic carbocycles. The van der Waals surface area contributed by atoms with E-state index >= 15 is 0 Å². The standard InChI is InChI=1S/C29H32ClFN4O2/c30-24-16-21(17-25(31)29(24)37)20-5-6-26-22(15-20)27(23(18-32-26)28(36)19-3-4-19)35-13-11-34(12-14-35)10-9-33-7-1-2-8-33/h5-6,15-19,37H,1-4,7-14H2. The highest BCUT2D eigenvalue weighted by Gasteiger charge is 2.34. The number of nitrogens with zero attached hydrogens (tertiary/aromatic N) is 4. The van der Waals surface area contributed by atoms with Gasteiger partial charge in [-0.1, -0.05) is 17.7 Å². The van der Waals surface area contributed by atoms with Crippen molar-refractivity contribution in [3.05, 3.63) is 52.9 Å². The molecule has 6 rings (SSSR count). The Balaban J connectivity index is 1.33. The molecular weight excluding hydrogens is 491 g/mol. The van der Waals surface area contributed by atoms with Crippen molar-refractivity contribution in [2.75, 3.05) is 57.3 Å². The molecule has 194 valence electrons. The van der Waals surface area contributed by atoms with Crippen LogP contribution in [0.2, 0.25) is 5.02 Å². The smallest absolute Gasteiger partial charge is 0.170 e. The number of anilines is 1. The molecule has 0 bridgehead atoms. The zero-order valence-electron chi connectivity index (χ0n) is 20.9. The summed E-state index contributed by atoms with van der Waals surface area (Å²) in [6.45, 7) is 8.22. The molecule has 3 aliphatic rings. The monoisotopic (exact) mass is 522 g/mol. The Bertz CT molecular complexity index is 1310. The van der Waals surface area contributed by atoms with Gasteiger partial charge in [0.15, 0.2) is 17.3 Å². The van der Waals surface area contributed by atoms with Gasteiger partial charge in [-0.15, -0.1) is 0 Å². The maximum atomic E-state index is 14.3. The predicted octanol–water partition coefficient (Wildman–Crippen LogP) is 5.21. The summed E-state index contributed by atoms with van der Waals surface area (Å²) in [5.74, 6) is -1.05. The predicted molar refractivity (Wildman–Crippen MR) is 145 cm³/mol. The lowest BCUT2D eigenvalue weighted by Crippen LogP contribution is -2.48. The van der Waals surface area contributed by atoms with Gasteiger partial charge in [0.2, 0.25) is 0 Å². The van der Waals surface area contributed by atoms with E-state index in [9.17, 15) is 14.3 Å². The van der Waals surface area contributed by atoms with E-state index in [0.29, 0.717) is 11.1 Å². The summed E-state index contributed by atoms with van der Waals surface area (Å²) < 4.78 is 14.3. The van der Waals surface area contributed by atoms with Crippen molar-refractivity contribution in [1.29, 1.82) is 0 Å². The molecule has 1 N–H and O–H groups in total. The normalized spacial score (nSPS) is 19.1. The third-order valence-corrected chi connectivity index (χ3v) is 8.31. The van der Waals surface area contributed by atoms with Crippen LogP contribution in [0.4, 0.5) is 10.1 Å². The highest BCUT2D eigenvalue weighted by Crippen LogP contribution is 2.40. The van der Waals surface area contributed by atoms with Gasteiger partial charge in [0.05, 0.1) is 21.8 Å². The largest absolute Gasteiger partial charge is 0.504 e. The number of carbonyl (C=O) groups is 1. The number of fused-ring (bicyclic) bond motifs is 1. The summed E-state index contributed by atoms with van der Waals surface area (Å²) in [5.41, 5.74) is 3.75. The van der Waals surface area contributed by atoms with Crippen molar-refractivity contribution in [1.82, 2.24) is 14.8 Å². The van der Waals surface area contributed by atoms with Crippen LogP contribution in [-0.4, -0.2) is 78.0 Å². The maximum absolute atomic E-state index is 14.3. The second-order valence-corrected chi connectivity index (χ2v) is 11.0. The SMILES string of the molecule is O=C(c1cnc2ccc(-c3cc(F)c(O)c(Cl)c3)cc2c1N1CCN(CCN2CCCC2)CC1)C1CC1. The molecule has 6 nitrogen and oxygen atoms in total. The molecule has 2 saturated heterocycles. The van der Waals surface area contributed by atoms with Crippen LogP contribution in [0.1, 0.15) is 36.0 Å². The molecule has 2 aliphatic heterocycles. The summed E-state index contributed by atoms with van der Waals surface area (Å²) in [5, 5.41) is 10.6. The maximum Gasteiger partial charge on any atom is 0.170 e. The summed E-state index contributed by atoms with van der Waals surface area (Å²) in [6, 6.07) is 8.61. The number of hydrogen-bond donors (Lipinski definition) is 1. The Morgan fingerprint density at radius 3 is 2.35 bits per heavy atom. The summed E-state index contributed by atoms with van der Waals surface area (Å²) >= 11 is 6.07. The van der Waals surface area contributed by atoms with Gasteiger partial charge in [-0.25, -0.2) is 4.39 Å². The highest BCUT2D eigenvalue weighted by atomic mass is 35.5. The van der Waals surface area contributed by atoms with E-state index in [1.165, 1.54) is 32.0 Å². The molecule has 0 radical (unpaired) electrons. The number of piperazine rings is 1. The van der Waals surface area contributed by atoms with Crippen molar-refractivity contribution in [3.63, 3.8) is 0 Å². The quantitative estimate of drug-likeness (QED) is 0.430. The first-order valence-corrected chi connectivity index (χ1v) is 13.7. The van der Waals surface area contributed by atoms with Crippen LogP contribution in [-0.2, 0) is 0 Å². The second-order valence-electron chi connectivity index (χ2n) is 10.6. The Labute approximate surface area is 221 Å². The minimum atomic E-state index is -0.761.